The van der Waals surface area contributed by atoms with Crippen LogP contribution in [0, 0.1) is 0 Å². The van der Waals surface area contributed by atoms with Crippen LogP contribution in [0.4, 0.5) is 13.2 Å². The van der Waals surface area contributed by atoms with Gasteiger partial charge in [0.1, 0.15) is 18.1 Å². The van der Waals surface area contributed by atoms with E-state index in [0.29, 0.717) is 18.4 Å². The SMILES string of the molecule is COc1ccc(CN[C@H]2C[C@@H](C)N[C@H]2COc2ccc(CC(F)(F)F)cc2)cc1. The van der Waals surface area contributed by atoms with E-state index < -0.39 is 12.6 Å². The molecule has 0 amide bonds. The summed E-state index contributed by atoms with van der Waals surface area (Å²) in [5.41, 5.74) is 1.40. The van der Waals surface area contributed by atoms with Crippen LogP contribution in [0.15, 0.2) is 48.5 Å². The number of rotatable bonds is 8. The summed E-state index contributed by atoms with van der Waals surface area (Å²) in [6.45, 7) is 3.32. The molecule has 29 heavy (non-hydrogen) atoms. The molecule has 0 bridgehead atoms. The first-order valence-electron chi connectivity index (χ1n) is 9.73. The van der Waals surface area contributed by atoms with Crippen molar-refractivity contribution in [1.82, 2.24) is 10.6 Å². The quantitative estimate of drug-likeness (QED) is 0.691. The smallest absolute Gasteiger partial charge is 0.393 e. The summed E-state index contributed by atoms with van der Waals surface area (Å²) in [5.74, 6) is 1.41. The van der Waals surface area contributed by atoms with E-state index in [2.05, 4.69) is 17.6 Å². The summed E-state index contributed by atoms with van der Waals surface area (Å²) in [5, 5.41) is 7.09. The molecule has 0 spiro atoms. The minimum atomic E-state index is -4.20. The molecule has 158 valence electrons. The van der Waals surface area contributed by atoms with Crippen molar-refractivity contribution >= 4 is 0 Å². The minimum Gasteiger partial charge on any atom is -0.497 e. The van der Waals surface area contributed by atoms with Crippen LogP contribution < -0.4 is 20.1 Å². The van der Waals surface area contributed by atoms with Crippen LogP contribution in [0.1, 0.15) is 24.5 Å². The van der Waals surface area contributed by atoms with Crippen LogP contribution in [0.5, 0.6) is 11.5 Å². The number of alkyl halides is 3. The molecule has 0 saturated carbocycles. The zero-order valence-electron chi connectivity index (χ0n) is 16.6. The fourth-order valence-corrected chi connectivity index (χ4v) is 3.60. The number of halogens is 3. The molecule has 1 aliphatic rings. The van der Waals surface area contributed by atoms with Crippen molar-refractivity contribution < 1.29 is 22.6 Å². The third kappa shape index (κ3) is 6.65. The molecule has 2 aromatic carbocycles. The average Bonchev–Trinajstić information content (AvgIpc) is 3.04. The summed E-state index contributed by atoms with van der Waals surface area (Å²) in [7, 11) is 1.65. The van der Waals surface area contributed by atoms with Gasteiger partial charge >= 0.3 is 6.18 Å². The lowest BCUT2D eigenvalue weighted by atomic mass is 10.1. The second-order valence-corrected chi connectivity index (χ2v) is 7.49. The van der Waals surface area contributed by atoms with E-state index in [1.165, 1.54) is 17.7 Å². The largest absolute Gasteiger partial charge is 0.497 e. The van der Waals surface area contributed by atoms with Gasteiger partial charge in [0.25, 0.3) is 0 Å². The molecule has 0 aromatic heterocycles. The van der Waals surface area contributed by atoms with Crippen molar-refractivity contribution in [1.29, 1.82) is 0 Å². The Morgan fingerprint density at radius 2 is 1.62 bits per heavy atom. The molecular weight excluding hydrogens is 381 g/mol. The molecule has 1 heterocycles. The van der Waals surface area contributed by atoms with E-state index in [9.17, 15) is 13.2 Å². The Morgan fingerprint density at radius 3 is 2.24 bits per heavy atom. The molecule has 0 aliphatic carbocycles. The van der Waals surface area contributed by atoms with Gasteiger partial charge in [-0.15, -0.1) is 0 Å². The highest BCUT2D eigenvalue weighted by molar-refractivity contribution is 5.28. The Balaban J connectivity index is 1.50. The van der Waals surface area contributed by atoms with Crippen molar-refractivity contribution in [2.75, 3.05) is 13.7 Å². The van der Waals surface area contributed by atoms with E-state index >= 15 is 0 Å². The van der Waals surface area contributed by atoms with Crippen molar-refractivity contribution in [2.45, 2.75) is 50.6 Å². The third-order valence-electron chi connectivity index (χ3n) is 5.08. The minimum absolute atomic E-state index is 0.123. The molecule has 1 saturated heterocycles. The van der Waals surface area contributed by atoms with Crippen molar-refractivity contribution in [2.24, 2.45) is 0 Å². The number of ether oxygens (including phenoxy) is 2. The maximum atomic E-state index is 12.5. The zero-order chi connectivity index (χ0) is 20.9. The standard InChI is InChI=1S/C22H27F3N2O2/c1-15-11-20(26-13-17-5-7-18(28-2)8-6-17)21(27-15)14-29-19-9-3-16(4-10-19)12-22(23,24)25/h3-10,15,20-21,26-27H,11-14H2,1-2H3/t15-,20+,21+/m1/s1. The maximum Gasteiger partial charge on any atom is 0.393 e. The summed E-state index contributed by atoms with van der Waals surface area (Å²) in [6.07, 6.45) is -4.14. The van der Waals surface area contributed by atoms with E-state index in [1.54, 1.807) is 19.2 Å². The van der Waals surface area contributed by atoms with Crippen molar-refractivity contribution in [3.8, 4) is 11.5 Å². The average molecular weight is 408 g/mol. The third-order valence-corrected chi connectivity index (χ3v) is 5.08. The van der Waals surface area contributed by atoms with E-state index in [0.717, 1.165) is 18.7 Å². The number of hydrogen-bond acceptors (Lipinski definition) is 4. The Hall–Kier alpha value is -2.25. The van der Waals surface area contributed by atoms with Gasteiger partial charge in [-0.25, -0.2) is 0 Å². The van der Waals surface area contributed by atoms with Crippen LogP contribution in [-0.4, -0.2) is 38.0 Å². The monoisotopic (exact) mass is 408 g/mol. The molecule has 3 rings (SSSR count). The van der Waals surface area contributed by atoms with Crippen LogP contribution in [0.25, 0.3) is 0 Å². The van der Waals surface area contributed by atoms with Gasteiger partial charge < -0.3 is 20.1 Å². The van der Waals surface area contributed by atoms with Gasteiger partial charge in [0, 0.05) is 18.6 Å². The molecular formula is C22H27F3N2O2. The summed E-state index contributed by atoms with van der Waals surface area (Å²) in [6, 6.07) is 14.8. The Morgan fingerprint density at radius 1 is 1.00 bits per heavy atom. The Kier molecular flexibility index (Phi) is 7.03. The predicted octanol–water partition coefficient (Wildman–Crippen LogP) is 4.09. The lowest BCUT2D eigenvalue weighted by molar-refractivity contribution is -0.127. The summed E-state index contributed by atoms with van der Waals surface area (Å²) < 4.78 is 48.4. The molecule has 3 atom stereocenters. The van der Waals surface area contributed by atoms with E-state index in [4.69, 9.17) is 9.47 Å². The molecule has 2 N–H and O–H groups in total. The highest BCUT2D eigenvalue weighted by Gasteiger charge is 2.31. The van der Waals surface area contributed by atoms with Crippen LogP contribution in [0.2, 0.25) is 0 Å². The summed E-state index contributed by atoms with van der Waals surface area (Å²) >= 11 is 0. The molecule has 0 unspecified atom stereocenters. The fourth-order valence-electron chi connectivity index (χ4n) is 3.60. The highest BCUT2D eigenvalue weighted by Crippen LogP contribution is 2.23. The molecule has 1 aliphatic heterocycles. The molecule has 1 fully saturated rings. The molecule has 4 nitrogen and oxygen atoms in total. The first kappa shape index (κ1) is 21.5. The van der Waals surface area contributed by atoms with E-state index in [-0.39, 0.29) is 17.6 Å². The van der Waals surface area contributed by atoms with Gasteiger partial charge in [-0.1, -0.05) is 24.3 Å². The summed E-state index contributed by atoms with van der Waals surface area (Å²) in [4.78, 5) is 0. The first-order chi connectivity index (χ1) is 13.8. The number of hydrogen-bond donors (Lipinski definition) is 2. The van der Waals surface area contributed by atoms with Crippen LogP contribution in [0.3, 0.4) is 0 Å². The first-order valence-corrected chi connectivity index (χ1v) is 9.73. The lowest BCUT2D eigenvalue weighted by Gasteiger charge is -2.21. The van der Waals surface area contributed by atoms with Crippen LogP contribution in [-0.2, 0) is 13.0 Å². The number of benzene rings is 2. The highest BCUT2D eigenvalue weighted by atomic mass is 19.4. The number of methoxy groups -OCH3 is 1. The number of nitrogens with one attached hydrogen (secondary N) is 2. The molecule has 2 aromatic rings. The van der Waals surface area contributed by atoms with Gasteiger partial charge in [0.2, 0.25) is 0 Å². The van der Waals surface area contributed by atoms with Gasteiger partial charge in [0.05, 0.1) is 19.6 Å². The Bertz CT molecular complexity index is 763. The predicted molar refractivity (Wildman–Crippen MR) is 106 cm³/mol. The normalized spacial score (nSPS) is 21.9. The zero-order valence-corrected chi connectivity index (χ0v) is 16.6. The topological polar surface area (TPSA) is 42.5 Å². The van der Waals surface area contributed by atoms with Gasteiger partial charge in [-0.2, -0.15) is 13.2 Å². The van der Waals surface area contributed by atoms with Crippen LogP contribution >= 0.6 is 0 Å². The van der Waals surface area contributed by atoms with Crippen molar-refractivity contribution in [3.05, 3.63) is 59.7 Å². The van der Waals surface area contributed by atoms with Gasteiger partial charge in [-0.3, -0.25) is 0 Å². The second kappa shape index (κ2) is 9.50. The Labute approximate surface area is 169 Å². The lowest BCUT2D eigenvalue weighted by Crippen LogP contribution is -2.44. The van der Waals surface area contributed by atoms with Gasteiger partial charge in [0.15, 0.2) is 0 Å². The fraction of sp³-hybridized carbons (Fsp3) is 0.455. The van der Waals surface area contributed by atoms with E-state index in [1.807, 2.05) is 24.3 Å². The van der Waals surface area contributed by atoms with Gasteiger partial charge in [-0.05, 0) is 48.7 Å². The molecule has 0 radical (unpaired) electrons. The second-order valence-electron chi connectivity index (χ2n) is 7.49. The van der Waals surface area contributed by atoms with Crippen molar-refractivity contribution in [3.63, 3.8) is 0 Å². The maximum absolute atomic E-state index is 12.5. The molecule has 7 heteroatoms.